The molecule has 4 nitrogen and oxygen atoms in total. The zero-order valence-corrected chi connectivity index (χ0v) is 14.9. The minimum Gasteiger partial charge on any atom is -0.399 e. The quantitative estimate of drug-likeness (QED) is 0.450. The van der Waals surface area contributed by atoms with Gasteiger partial charge in [0.25, 0.3) is 0 Å². The molecule has 0 spiro atoms. The SMILES string of the molecule is Cc1ccc(-c2cnc3c(-c4cc(N)cc5ccccc45)cnn3c2)cc1. The zero-order valence-electron chi connectivity index (χ0n) is 14.9. The van der Waals surface area contributed by atoms with Crippen LogP contribution in [0.2, 0.25) is 0 Å². The molecular weight excluding hydrogens is 332 g/mol. The van der Waals surface area contributed by atoms with Gasteiger partial charge in [-0.3, -0.25) is 0 Å². The first kappa shape index (κ1) is 15.6. The van der Waals surface area contributed by atoms with Gasteiger partial charge >= 0.3 is 0 Å². The second kappa shape index (κ2) is 5.95. The molecule has 2 aromatic heterocycles. The van der Waals surface area contributed by atoms with E-state index in [1.54, 1.807) is 0 Å². The fourth-order valence-corrected chi connectivity index (χ4v) is 3.52. The van der Waals surface area contributed by atoms with Gasteiger partial charge in [-0.25, -0.2) is 9.50 Å². The highest BCUT2D eigenvalue weighted by Crippen LogP contribution is 2.33. The Bertz CT molecular complexity index is 1280. The summed E-state index contributed by atoms with van der Waals surface area (Å²) in [4.78, 5) is 4.71. The summed E-state index contributed by atoms with van der Waals surface area (Å²) in [6.07, 6.45) is 5.78. The zero-order chi connectivity index (χ0) is 18.4. The van der Waals surface area contributed by atoms with Gasteiger partial charge in [-0.1, -0.05) is 54.1 Å². The van der Waals surface area contributed by atoms with E-state index in [1.165, 1.54) is 5.56 Å². The summed E-state index contributed by atoms with van der Waals surface area (Å²) >= 11 is 0. The lowest BCUT2D eigenvalue weighted by molar-refractivity contribution is 0.941. The summed E-state index contributed by atoms with van der Waals surface area (Å²) in [5.74, 6) is 0. The number of aromatic nitrogens is 3. The van der Waals surface area contributed by atoms with E-state index in [4.69, 9.17) is 10.7 Å². The first-order valence-corrected chi connectivity index (χ1v) is 8.88. The summed E-state index contributed by atoms with van der Waals surface area (Å²) in [5.41, 5.74) is 13.1. The van der Waals surface area contributed by atoms with Crippen molar-refractivity contribution in [3.63, 3.8) is 0 Å². The van der Waals surface area contributed by atoms with Crippen LogP contribution in [0, 0.1) is 6.92 Å². The highest BCUT2D eigenvalue weighted by molar-refractivity contribution is 6.01. The van der Waals surface area contributed by atoms with Crippen LogP contribution in [-0.2, 0) is 0 Å². The molecule has 5 rings (SSSR count). The third-order valence-electron chi connectivity index (χ3n) is 4.92. The summed E-state index contributed by atoms with van der Waals surface area (Å²) in [7, 11) is 0. The number of nitrogen functional groups attached to an aromatic ring is 1. The maximum absolute atomic E-state index is 6.14. The lowest BCUT2D eigenvalue weighted by Gasteiger charge is -2.08. The van der Waals surface area contributed by atoms with Crippen molar-refractivity contribution in [2.75, 3.05) is 5.73 Å². The third kappa shape index (κ3) is 2.62. The van der Waals surface area contributed by atoms with E-state index in [9.17, 15) is 0 Å². The Hall–Kier alpha value is -3.66. The molecule has 2 heterocycles. The van der Waals surface area contributed by atoms with E-state index in [2.05, 4.69) is 48.4 Å². The maximum atomic E-state index is 6.14. The van der Waals surface area contributed by atoms with E-state index < -0.39 is 0 Å². The summed E-state index contributed by atoms with van der Waals surface area (Å²) in [6, 6.07) is 20.6. The Labute approximate surface area is 156 Å². The van der Waals surface area contributed by atoms with Gasteiger partial charge in [-0.2, -0.15) is 5.10 Å². The average Bonchev–Trinajstić information content (AvgIpc) is 3.11. The molecule has 0 aliphatic rings. The molecule has 5 aromatic rings. The molecule has 2 N–H and O–H groups in total. The van der Waals surface area contributed by atoms with Crippen molar-refractivity contribution in [3.8, 4) is 22.3 Å². The van der Waals surface area contributed by atoms with Gasteiger partial charge in [0.2, 0.25) is 0 Å². The molecule has 0 atom stereocenters. The Morgan fingerprint density at radius 3 is 2.52 bits per heavy atom. The summed E-state index contributed by atoms with van der Waals surface area (Å²) in [5, 5.41) is 6.81. The minimum absolute atomic E-state index is 0.735. The van der Waals surface area contributed by atoms with Crippen molar-refractivity contribution in [2.24, 2.45) is 0 Å². The summed E-state index contributed by atoms with van der Waals surface area (Å²) in [6.45, 7) is 2.08. The van der Waals surface area contributed by atoms with Crippen LogP contribution in [0.25, 0.3) is 38.7 Å². The second-order valence-corrected chi connectivity index (χ2v) is 6.82. The second-order valence-electron chi connectivity index (χ2n) is 6.82. The van der Waals surface area contributed by atoms with Crippen LogP contribution in [-0.4, -0.2) is 14.6 Å². The van der Waals surface area contributed by atoms with Crippen molar-refractivity contribution >= 4 is 22.1 Å². The molecule has 0 aliphatic heterocycles. The van der Waals surface area contributed by atoms with Crippen molar-refractivity contribution in [1.82, 2.24) is 14.6 Å². The Balaban J connectivity index is 1.69. The van der Waals surface area contributed by atoms with Crippen molar-refractivity contribution in [1.29, 1.82) is 0 Å². The van der Waals surface area contributed by atoms with Crippen LogP contribution in [0.4, 0.5) is 5.69 Å². The largest absolute Gasteiger partial charge is 0.399 e. The standard InChI is InChI=1S/C23H18N4/c1-15-6-8-16(9-7-15)18-12-25-23-22(13-26-27(23)14-18)21-11-19(24)10-17-4-2-3-5-20(17)21/h2-14H,24H2,1H3. The van der Waals surface area contributed by atoms with Gasteiger partial charge in [-0.05, 0) is 41.0 Å². The lowest BCUT2D eigenvalue weighted by atomic mass is 9.99. The number of aryl methyl sites for hydroxylation is 1. The normalized spacial score (nSPS) is 11.3. The van der Waals surface area contributed by atoms with Crippen LogP contribution in [0.15, 0.2) is 79.3 Å². The van der Waals surface area contributed by atoms with E-state index in [0.29, 0.717) is 0 Å². The van der Waals surface area contributed by atoms with E-state index in [0.717, 1.165) is 44.4 Å². The molecule has 0 amide bonds. The van der Waals surface area contributed by atoms with Crippen molar-refractivity contribution in [2.45, 2.75) is 6.92 Å². The van der Waals surface area contributed by atoms with Crippen LogP contribution < -0.4 is 5.73 Å². The lowest BCUT2D eigenvalue weighted by Crippen LogP contribution is -1.93. The van der Waals surface area contributed by atoms with Gasteiger partial charge in [0.15, 0.2) is 5.65 Å². The predicted octanol–water partition coefficient (Wildman–Crippen LogP) is 5.11. The van der Waals surface area contributed by atoms with Crippen molar-refractivity contribution < 1.29 is 0 Å². The smallest absolute Gasteiger partial charge is 0.162 e. The first-order chi connectivity index (χ1) is 13.2. The highest BCUT2D eigenvalue weighted by atomic mass is 15.2. The van der Waals surface area contributed by atoms with E-state index >= 15 is 0 Å². The average molecular weight is 350 g/mol. The molecule has 0 radical (unpaired) electrons. The van der Waals surface area contributed by atoms with Gasteiger partial charge in [0.1, 0.15) is 0 Å². The molecule has 0 fully saturated rings. The van der Waals surface area contributed by atoms with E-state index in [1.807, 2.05) is 47.4 Å². The summed E-state index contributed by atoms with van der Waals surface area (Å²) < 4.78 is 1.84. The first-order valence-electron chi connectivity index (χ1n) is 8.88. The molecule has 130 valence electrons. The number of hydrogen-bond donors (Lipinski definition) is 1. The van der Waals surface area contributed by atoms with Gasteiger partial charge in [0.05, 0.1) is 6.20 Å². The van der Waals surface area contributed by atoms with Crippen LogP contribution in [0.1, 0.15) is 5.56 Å². The number of nitrogens with two attached hydrogens (primary N) is 1. The molecule has 4 heteroatoms. The molecule has 0 saturated heterocycles. The van der Waals surface area contributed by atoms with Crippen molar-refractivity contribution in [3.05, 3.63) is 84.8 Å². The van der Waals surface area contributed by atoms with Gasteiger partial charge < -0.3 is 5.73 Å². The Morgan fingerprint density at radius 1 is 0.852 bits per heavy atom. The fraction of sp³-hybridized carbons (Fsp3) is 0.0435. The molecule has 0 bridgehead atoms. The highest BCUT2D eigenvalue weighted by Gasteiger charge is 2.13. The van der Waals surface area contributed by atoms with Crippen LogP contribution in [0.3, 0.4) is 0 Å². The van der Waals surface area contributed by atoms with Crippen LogP contribution in [0.5, 0.6) is 0 Å². The number of benzene rings is 3. The Morgan fingerprint density at radius 2 is 1.67 bits per heavy atom. The molecule has 27 heavy (non-hydrogen) atoms. The maximum Gasteiger partial charge on any atom is 0.162 e. The van der Waals surface area contributed by atoms with Crippen LogP contribution >= 0.6 is 0 Å². The molecular formula is C23H18N4. The number of anilines is 1. The number of hydrogen-bond acceptors (Lipinski definition) is 3. The van der Waals surface area contributed by atoms with Gasteiger partial charge in [0, 0.05) is 29.2 Å². The Kier molecular flexibility index (Phi) is 3.44. The third-order valence-corrected chi connectivity index (χ3v) is 4.92. The number of fused-ring (bicyclic) bond motifs is 2. The molecule has 0 saturated carbocycles. The molecule has 3 aromatic carbocycles. The van der Waals surface area contributed by atoms with E-state index in [-0.39, 0.29) is 0 Å². The minimum atomic E-state index is 0.735. The fourth-order valence-electron chi connectivity index (χ4n) is 3.52. The predicted molar refractivity (Wildman–Crippen MR) is 111 cm³/mol. The monoisotopic (exact) mass is 350 g/mol. The van der Waals surface area contributed by atoms with Gasteiger partial charge in [-0.15, -0.1) is 0 Å². The number of nitrogens with zero attached hydrogens (tertiary/aromatic N) is 3. The molecule has 0 aliphatic carbocycles. The number of rotatable bonds is 2. The molecule has 0 unspecified atom stereocenters. The topological polar surface area (TPSA) is 56.2 Å².